The van der Waals surface area contributed by atoms with E-state index in [-0.39, 0.29) is 34.6 Å². The van der Waals surface area contributed by atoms with Gasteiger partial charge in [-0.3, -0.25) is 0 Å². The van der Waals surface area contributed by atoms with E-state index < -0.39 is 0 Å². The molecule has 1 N–H and O–H groups in total. The molecule has 0 atom stereocenters. The summed E-state index contributed by atoms with van der Waals surface area (Å²) >= 11 is 1.11. The molecule has 0 aliphatic rings. The van der Waals surface area contributed by atoms with E-state index in [1.807, 2.05) is 0 Å². The van der Waals surface area contributed by atoms with Crippen molar-refractivity contribution < 1.29 is 5.21 Å². The molecule has 0 rings (SSSR count). The molecule has 0 bridgehead atoms. The second kappa shape index (κ2) is 7.31. The second-order valence-corrected chi connectivity index (χ2v) is 1.52. The predicted octanol–water partition coefficient (Wildman–Crippen LogP) is 0.0122. The van der Waals surface area contributed by atoms with Crippen LogP contribution in [0, 0.1) is 11.3 Å². The molecule has 0 fully saturated rings. The Morgan fingerprint density at radius 3 is 2.38 bits per heavy atom. The van der Waals surface area contributed by atoms with E-state index in [1.54, 1.807) is 12.3 Å². The third kappa shape index (κ3) is 4.47. The Labute approximate surface area is 74.0 Å². The van der Waals surface area contributed by atoms with Gasteiger partial charge in [0, 0.05) is 0 Å². The molecule has 0 aromatic carbocycles. The van der Waals surface area contributed by atoms with Gasteiger partial charge in [0.2, 0.25) is 5.04 Å². The molecule has 40 valence electrons. The van der Waals surface area contributed by atoms with E-state index in [0.29, 0.717) is 0 Å². The van der Waals surface area contributed by atoms with Crippen molar-refractivity contribution in [1.29, 1.82) is 5.26 Å². The van der Waals surface area contributed by atoms with E-state index >= 15 is 0 Å². The van der Waals surface area contributed by atoms with Gasteiger partial charge < -0.3 is 5.21 Å². The molecule has 0 aliphatic heterocycles. The summed E-state index contributed by atoms with van der Waals surface area (Å²) in [5.41, 5.74) is 0. The fourth-order valence-corrected chi connectivity index (χ4v) is 0.282. The molecule has 8 heavy (non-hydrogen) atoms. The van der Waals surface area contributed by atoms with Gasteiger partial charge in [-0.05, 0) is 6.26 Å². The topological polar surface area (TPSA) is 56.4 Å². The van der Waals surface area contributed by atoms with E-state index in [1.165, 1.54) is 0 Å². The number of oxime groups is 1. The first-order valence-electron chi connectivity index (χ1n) is 1.51. The molecule has 0 amide bonds. The van der Waals surface area contributed by atoms with Gasteiger partial charge in [-0.2, -0.15) is 5.26 Å². The summed E-state index contributed by atoms with van der Waals surface area (Å²) < 4.78 is 0. The van der Waals surface area contributed by atoms with Gasteiger partial charge in [-0.25, -0.2) is 0 Å². The Balaban J connectivity index is 0. The Morgan fingerprint density at radius 2 is 2.38 bits per heavy atom. The second-order valence-electron chi connectivity index (χ2n) is 0.721. The van der Waals surface area contributed by atoms with Crippen LogP contribution in [-0.2, 0) is 0 Å². The van der Waals surface area contributed by atoms with Crippen molar-refractivity contribution in [3.8, 4) is 6.07 Å². The van der Waals surface area contributed by atoms with Gasteiger partial charge in [0.05, 0.1) is 0 Å². The molecule has 0 saturated heterocycles. The number of nitrogens with zero attached hydrogens (tertiary/aromatic N) is 2. The normalized spacial score (nSPS) is 9.25. The molecular weight excluding hydrogens is 135 g/mol. The number of nitriles is 1. The molecule has 0 aromatic heterocycles. The van der Waals surface area contributed by atoms with Crippen molar-refractivity contribution in [3.05, 3.63) is 0 Å². The summed E-state index contributed by atoms with van der Waals surface area (Å²) in [7, 11) is 0. The van der Waals surface area contributed by atoms with Gasteiger partial charge in [0.15, 0.2) is 0 Å². The van der Waals surface area contributed by atoms with Crippen LogP contribution in [0.5, 0.6) is 0 Å². The Kier molecular flexibility index (Phi) is 10.2. The molecule has 5 heteroatoms. The van der Waals surface area contributed by atoms with Crippen molar-refractivity contribution in [2.45, 2.75) is 0 Å². The SMILES string of the molecule is CSC(C#N)=NO.[NaH]. The fraction of sp³-hybridized carbons (Fsp3) is 0.333. The number of hydrogen-bond acceptors (Lipinski definition) is 4. The molecule has 0 radical (unpaired) electrons. The Bertz CT molecular complexity index is 119. The average Bonchev–Trinajstić information content (AvgIpc) is 1.72. The van der Waals surface area contributed by atoms with Crippen LogP contribution in [0.15, 0.2) is 5.16 Å². The number of rotatable bonds is 0. The van der Waals surface area contributed by atoms with Crippen molar-refractivity contribution in [1.82, 2.24) is 0 Å². The summed E-state index contributed by atoms with van der Waals surface area (Å²) in [5.74, 6) is 0. The fourth-order valence-electron chi connectivity index (χ4n) is 0.109. The standard InChI is InChI=1S/C3H4N2OS.Na.H/c1-7-3(2-4)5-6;;/h6H,1H3;;. The quantitative estimate of drug-likeness (QED) is 0.169. The third-order valence-electron chi connectivity index (χ3n) is 0.380. The minimum absolute atomic E-state index is 0. The van der Waals surface area contributed by atoms with E-state index in [0.717, 1.165) is 11.8 Å². The minimum atomic E-state index is 0. The monoisotopic (exact) mass is 140 g/mol. The van der Waals surface area contributed by atoms with Gasteiger partial charge in [0.1, 0.15) is 6.07 Å². The summed E-state index contributed by atoms with van der Waals surface area (Å²) in [6.45, 7) is 0. The summed E-state index contributed by atoms with van der Waals surface area (Å²) in [6, 6.07) is 1.66. The Morgan fingerprint density at radius 1 is 1.88 bits per heavy atom. The van der Waals surface area contributed by atoms with Crippen molar-refractivity contribution in [3.63, 3.8) is 0 Å². The van der Waals surface area contributed by atoms with Gasteiger partial charge in [-0.1, -0.05) is 16.9 Å². The van der Waals surface area contributed by atoms with Crippen LogP contribution < -0.4 is 0 Å². The van der Waals surface area contributed by atoms with E-state index in [2.05, 4.69) is 5.16 Å². The maximum atomic E-state index is 7.96. The molecular formula is C3H5N2NaOS. The van der Waals surface area contributed by atoms with Crippen LogP contribution in [0.3, 0.4) is 0 Å². The van der Waals surface area contributed by atoms with Crippen molar-refractivity contribution in [2.75, 3.05) is 6.26 Å². The van der Waals surface area contributed by atoms with Crippen LogP contribution >= 0.6 is 11.8 Å². The molecule has 0 aromatic rings. The number of thioether (sulfide) groups is 1. The van der Waals surface area contributed by atoms with Crippen molar-refractivity contribution in [2.24, 2.45) is 5.16 Å². The van der Waals surface area contributed by atoms with Crippen LogP contribution in [-0.4, -0.2) is 46.1 Å². The zero-order valence-corrected chi connectivity index (χ0v) is 4.57. The zero-order valence-electron chi connectivity index (χ0n) is 3.75. The van der Waals surface area contributed by atoms with Crippen molar-refractivity contribution >= 4 is 46.4 Å². The summed E-state index contributed by atoms with van der Waals surface area (Å²) in [5, 5.41) is 18.6. The Hall–Kier alpha value is 0.310. The first-order valence-corrected chi connectivity index (χ1v) is 2.73. The summed E-state index contributed by atoms with van der Waals surface area (Å²) in [4.78, 5) is 0. The van der Waals surface area contributed by atoms with Gasteiger partial charge in [0.25, 0.3) is 0 Å². The molecule has 0 heterocycles. The first-order chi connectivity index (χ1) is 3.35. The molecule has 0 saturated carbocycles. The zero-order chi connectivity index (χ0) is 5.70. The predicted molar refractivity (Wildman–Crippen MR) is 35.5 cm³/mol. The third-order valence-corrected chi connectivity index (χ3v) is 0.939. The molecule has 0 unspecified atom stereocenters. The molecule has 0 aliphatic carbocycles. The van der Waals surface area contributed by atoms with E-state index in [4.69, 9.17) is 10.5 Å². The number of hydrogen-bond donors (Lipinski definition) is 1. The first kappa shape index (κ1) is 11.2. The van der Waals surface area contributed by atoms with Crippen LogP contribution in [0.4, 0.5) is 0 Å². The summed E-state index contributed by atoms with van der Waals surface area (Å²) in [6.07, 6.45) is 1.66. The molecule has 3 nitrogen and oxygen atoms in total. The van der Waals surface area contributed by atoms with Crippen LogP contribution in [0.1, 0.15) is 0 Å². The maximum absolute atomic E-state index is 7.96. The average molecular weight is 140 g/mol. The van der Waals surface area contributed by atoms with Crippen LogP contribution in [0.2, 0.25) is 0 Å². The van der Waals surface area contributed by atoms with Gasteiger partial charge >= 0.3 is 29.6 Å². The molecule has 0 spiro atoms. The van der Waals surface area contributed by atoms with Crippen LogP contribution in [0.25, 0.3) is 0 Å². The van der Waals surface area contributed by atoms with Gasteiger partial charge in [-0.15, -0.1) is 0 Å². The van der Waals surface area contributed by atoms with E-state index in [9.17, 15) is 0 Å².